The number of halogens is 1. The molecule has 3 atom stereocenters. The predicted molar refractivity (Wildman–Crippen MR) is 164 cm³/mol. The topological polar surface area (TPSA) is 80.8 Å². The number of carbonyl (C=O) groups is 2. The molecule has 41 heavy (non-hydrogen) atoms. The Balaban J connectivity index is 1.39. The number of hydrogen-bond acceptors (Lipinski definition) is 7. The number of ketones is 1. The Hall–Kier alpha value is -2.40. The molecule has 0 bridgehead atoms. The maximum atomic E-state index is 13.4. The summed E-state index contributed by atoms with van der Waals surface area (Å²) < 4.78 is 13.4. The molecule has 1 unspecified atom stereocenters. The van der Waals surface area contributed by atoms with Gasteiger partial charge in [0.05, 0.1) is 10.6 Å². The first kappa shape index (κ1) is 31.5. The van der Waals surface area contributed by atoms with Crippen LogP contribution in [0.1, 0.15) is 61.0 Å². The third-order valence-electron chi connectivity index (χ3n) is 8.63. The van der Waals surface area contributed by atoms with Crippen molar-refractivity contribution in [3.63, 3.8) is 0 Å². The Bertz CT molecular complexity index is 1140. The summed E-state index contributed by atoms with van der Waals surface area (Å²) in [4.78, 5) is 37.4. The number of likely N-dealkylation sites (N-methyl/N-ethyl adjacent to an activating group) is 1. The molecule has 1 aromatic carbocycles. The molecule has 2 aliphatic rings. The standard InChI is InChI=1S/C31H47FN6O2S/c1-5-36(6-2)16-17-37-15-13-28(34-30(40)35-31-33-22(3)29(41-31)23(4)39)26(20-37)21-38-14-7-8-25(19-38)18-24-9-11-27(32)12-10-24/h9-12,25-26,28H,5-8,13-21H2,1-4H3,(H2,33,34,35,40)/t25?,26-,28+/m0/s1. The monoisotopic (exact) mass is 586 g/mol. The third-order valence-corrected chi connectivity index (χ3v) is 9.81. The summed E-state index contributed by atoms with van der Waals surface area (Å²) in [6.07, 6.45) is 4.22. The lowest BCUT2D eigenvalue weighted by Crippen LogP contribution is -2.56. The zero-order valence-corrected chi connectivity index (χ0v) is 25.9. The number of benzene rings is 1. The van der Waals surface area contributed by atoms with Crippen LogP contribution in [0.3, 0.4) is 0 Å². The molecule has 4 rings (SSSR count). The first-order valence-electron chi connectivity index (χ1n) is 15.2. The van der Waals surface area contributed by atoms with Crippen molar-refractivity contribution in [2.24, 2.45) is 11.8 Å². The van der Waals surface area contributed by atoms with E-state index in [4.69, 9.17) is 0 Å². The maximum Gasteiger partial charge on any atom is 0.321 e. The fourth-order valence-corrected chi connectivity index (χ4v) is 7.21. The molecule has 2 aromatic rings. The van der Waals surface area contributed by atoms with Crippen molar-refractivity contribution in [2.45, 2.75) is 59.4 Å². The summed E-state index contributed by atoms with van der Waals surface area (Å²) in [5, 5.41) is 6.60. The fourth-order valence-electron chi connectivity index (χ4n) is 6.36. The van der Waals surface area contributed by atoms with Crippen LogP contribution in [0.4, 0.5) is 14.3 Å². The highest BCUT2D eigenvalue weighted by Crippen LogP contribution is 2.26. The van der Waals surface area contributed by atoms with Crippen LogP contribution in [0.15, 0.2) is 24.3 Å². The summed E-state index contributed by atoms with van der Waals surface area (Å²) in [6, 6.07) is 6.73. The molecule has 226 valence electrons. The maximum absolute atomic E-state index is 13.4. The van der Waals surface area contributed by atoms with Gasteiger partial charge in [0.15, 0.2) is 10.9 Å². The van der Waals surface area contributed by atoms with Gasteiger partial charge in [-0.25, -0.2) is 14.2 Å². The van der Waals surface area contributed by atoms with E-state index in [0.29, 0.717) is 27.5 Å². The third kappa shape index (κ3) is 9.30. The predicted octanol–water partition coefficient (Wildman–Crippen LogP) is 4.90. The number of aromatic nitrogens is 1. The first-order chi connectivity index (χ1) is 19.7. The number of urea groups is 1. The molecule has 2 aliphatic heterocycles. The van der Waals surface area contributed by atoms with Gasteiger partial charge in [0, 0.05) is 58.2 Å². The molecule has 0 spiro atoms. The Morgan fingerprint density at radius 2 is 1.85 bits per heavy atom. The number of piperidine rings is 2. The Labute approximate surface area is 248 Å². The van der Waals surface area contributed by atoms with Gasteiger partial charge in [-0.15, -0.1) is 0 Å². The van der Waals surface area contributed by atoms with E-state index in [-0.39, 0.29) is 23.7 Å². The quantitative estimate of drug-likeness (QED) is 0.345. The second-order valence-electron chi connectivity index (χ2n) is 11.7. The van der Waals surface area contributed by atoms with Crippen LogP contribution in [0.25, 0.3) is 0 Å². The highest BCUT2D eigenvalue weighted by atomic mass is 32.1. The van der Waals surface area contributed by atoms with E-state index in [0.717, 1.165) is 78.2 Å². The second-order valence-corrected chi connectivity index (χ2v) is 12.7. The van der Waals surface area contributed by atoms with E-state index in [1.165, 1.54) is 30.2 Å². The number of aryl methyl sites for hydroxylation is 1. The van der Waals surface area contributed by atoms with Crippen LogP contribution in [0, 0.1) is 24.6 Å². The molecule has 2 saturated heterocycles. The van der Waals surface area contributed by atoms with Gasteiger partial charge in [-0.1, -0.05) is 37.3 Å². The summed E-state index contributed by atoms with van der Waals surface area (Å²) in [5.41, 5.74) is 1.84. The zero-order valence-electron chi connectivity index (χ0n) is 25.1. The van der Waals surface area contributed by atoms with Gasteiger partial charge < -0.3 is 20.0 Å². The summed E-state index contributed by atoms with van der Waals surface area (Å²) >= 11 is 1.23. The molecule has 3 heterocycles. The summed E-state index contributed by atoms with van der Waals surface area (Å²) in [7, 11) is 0. The van der Waals surface area contributed by atoms with E-state index in [9.17, 15) is 14.0 Å². The highest BCUT2D eigenvalue weighted by Gasteiger charge is 2.33. The van der Waals surface area contributed by atoms with Crippen molar-refractivity contribution in [1.82, 2.24) is 25.0 Å². The molecule has 2 fully saturated rings. The largest absolute Gasteiger partial charge is 0.335 e. The average molecular weight is 587 g/mol. The van der Waals surface area contributed by atoms with Crippen LogP contribution < -0.4 is 10.6 Å². The van der Waals surface area contributed by atoms with Gasteiger partial charge in [-0.3, -0.25) is 10.1 Å². The van der Waals surface area contributed by atoms with Crippen LogP contribution in [-0.4, -0.2) is 96.4 Å². The Morgan fingerprint density at radius 3 is 2.54 bits per heavy atom. The van der Waals surface area contributed by atoms with Crippen LogP contribution >= 0.6 is 11.3 Å². The lowest BCUT2D eigenvalue weighted by atomic mass is 9.88. The average Bonchev–Trinajstić information content (AvgIpc) is 3.32. The second kappa shape index (κ2) is 15.2. The van der Waals surface area contributed by atoms with Crippen LogP contribution in [0.2, 0.25) is 0 Å². The molecule has 2 amide bonds. The van der Waals surface area contributed by atoms with E-state index >= 15 is 0 Å². The smallest absolute Gasteiger partial charge is 0.321 e. The lowest BCUT2D eigenvalue weighted by molar-refractivity contribution is 0.0799. The normalized spacial score (nSPS) is 22.1. The van der Waals surface area contributed by atoms with Crippen molar-refractivity contribution in [3.8, 4) is 0 Å². The molecular weight excluding hydrogens is 539 g/mol. The molecule has 0 aliphatic carbocycles. The van der Waals surface area contributed by atoms with Gasteiger partial charge in [0.25, 0.3) is 0 Å². The molecule has 0 saturated carbocycles. The number of thiazole rings is 1. The van der Waals surface area contributed by atoms with Gasteiger partial charge in [-0.05, 0) is 75.9 Å². The van der Waals surface area contributed by atoms with Gasteiger partial charge in [-0.2, -0.15) is 0 Å². The molecule has 8 nitrogen and oxygen atoms in total. The minimum absolute atomic E-state index is 0.0372. The van der Waals surface area contributed by atoms with Crippen LogP contribution in [-0.2, 0) is 6.42 Å². The van der Waals surface area contributed by atoms with E-state index in [2.05, 4.69) is 44.2 Å². The number of anilines is 1. The van der Waals surface area contributed by atoms with E-state index < -0.39 is 0 Å². The molecule has 1 aromatic heterocycles. The number of hydrogen-bond donors (Lipinski definition) is 2. The zero-order chi connectivity index (χ0) is 29.4. The number of amides is 2. The van der Waals surface area contributed by atoms with Crippen molar-refractivity contribution in [2.75, 3.05) is 64.2 Å². The Kier molecular flexibility index (Phi) is 11.7. The number of Topliss-reactive ketones (excluding diaryl/α,β-unsaturated/α-hetero) is 1. The SMILES string of the molecule is CCN(CC)CCN1CC[C@@H](NC(=O)Nc2nc(C)c(C(C)=O)s2)[C@H](CN2CCCC(Cc3ccc(F)cc3)C2)C1. The minimum Gasteiger partial charge on any atom is -0.335 e. The number of likely N-dealkylation sites (tertiary alicyclic amines) is 2. The highest BCUT2D eigenvalue weighted by molar-refractivity contribution is 7.17. The van der Waals surface area contributed by atoms with Crippen molar-refractivity contribution in [3.05, 3.63) is 46.2 Å². The lowest BCUT2D eigenvalue weighted by Gasteiger charge is -2.43. The summed E-state index contributed by atoms with van der Waals surface area (Å²) in [5.74, 6) is 0.634. The van der Waals surface area contributed by atoms with Crippen molar-refractivity contribution in [1.29, 1.82) is 0 Å². The van der Waals surface area contributed by atoms with Gasteiger partial charge in [0.1, 0.15) is 5.82 Å². The first-order valence-corrected chi connectivity index (χ1v) is 16.0. The number of carbonyl (C=O) groups excluding carboxylic acids is 2. The van der Waals surface area contributed by atoms with Crippen molar-refractivity contribution >= 4 is 28.3 Å². The number of rotatable bonds is 12. The van der Waals surface area contributed by atoms with E-state index in [1.54, 1.807) is 19.1 Å². The molecule has 0 radical (unpaired) electrons. The van der Waals surface area contributed by atoms with Gasteiger partial charge >= 0.3 is 6.03 Å². The molecule has 10 heteroatoms. The number of nitrogens with one attached hydrogen (secondary N) is 2. The number of nitrogens with zero attached hydrogens (tertiary/aromatic N) is 4. The van der Waals surface area contributed by atoms with E-state index in [1.807, 2.05) is 12.1 Å². The Morgan fingerprint density at radius 1 is 1.10 bits per heavy atom. The summed E-state index contributed by atoms with van der Waals surface area (Å²) in [6.45, 7) is 16.9. The molecule has 2 N–H and O–H groups in total. The van der Waals surface area contributed by atoms with Gasteiger partial charge in [0.2, 0.25) is 0 Å². The van der Waals surface area contributed by atoms with Crippen LogP contribution in [0.5, 0.6) is 0 Å². The van der Waals surface area contributed by atoms with Crippen molar-refractivity contribution < 1.29 is 14.0 Å². The fraction of sp³-hybridized carbons (Fsp3) is 0.645. The molecular formula is C31H47FN6O2S. The minimum atomic E-state index is -0.256.